The molecule has 0 aliphatic carbocycles. The van der Waals surface area contributed by atoms with Gasteiger partial charge in [-0.15, -0.1) is 5.92 Å². The molecule has 2 aliphatic rings. The molecule has 3 heterocycles. The van der Waals surface area contributed by atoms with Crippen LogP contribution in [0.4, 0.5) is 24.7 Å². The summed E-state index contributed by atoms with van der Waals surface area (Å²) >= 11 is 0. The van der Waals surface area contributed by atoms with Crippen LogP contribution in [0.3, 0.4) is 0 Å². The molecule has 3 unspecified atom stereocenters. The van der Waals surface area contributed by atoms with E-state index in [9.17, 15) is 18.3 Å². The van der Waals surface area contributed by atoms with Crippen LogP contribution < -0.4 is 15.4 Å². The van der Waals surface area contributed by atoms with Crippen molar-refractivity contribution in [1.29, 1.82) is 0 Å². The molecule has 0 bridgehead atoms. The first-order valence-corrected chi connectivity index (χ1v) is 11.5. The lowest BCUT2D eigenvalue weighted by Crippen LogP contribution is -2.42. The van der Waals surface area contributed by atoms with Gasteiger partial charge in [0.15, 0.2) is 0 Å². The van der Waals surface area contributed by atoms with Gasteiger partial charge in [-0.1, -0.05) is 12.8 Å². The van der Waals surface area contributed by atoms with E-state index in [1.165, 1.54) is 26.2 Å². The molecule has 0 radical (unpaired) electrons. The number of halogens is 3. The normalized spacial score (nSPS) is 22.3. The molecule has 3 N–H and O–H groups in total. The fourth-order valence-electron chi connectivity index (χ4n) is 5.06. The molecule has 2 aromatic rings. The van der Waals surface area contributed by atoms with Crippen molar-refractivity contribution in [1.82, 2.24) is 9.97 Å². The van der Waals surface area contributed by atoms with Crippen LogP contribution in [0.25, 0.3) is 0 Å². The van der Waals surface area contributed by atoms with Crippen LogP contribution in [0.1, 0.15) is 54.3 Å². The van der Waals surface area contributed by atoms with Gasteiger partial charge in [0.25, 0.3) is 0 Å². The van der Waals surface area contributed by atoms with Crippen LogP contribution >= 0.6 is 0 Å². The summed E-state index contributed by atoms with van der Waals surface area (Å²) < 4.78 is 53.7. The molecule has 0 amide bonds. The first-order valence-electron chi connectivity index (χ1n) is 11.5. The summed E-state index contributed by atoms with van der Waals surface area (Å²) in [6, 6.07) is 2.67. The zero-order valence-corrected chi connectivity index (χ0v) is 19.9. The number of nitrogens with zero attached hydrogens (tertiary/aromatic N) is 3. The third-order valence-electron chi connectivity index (χ3n) is 6.43. The predicted molar refractivity (Wildman–Crippen MR) is 125 cm³/mol. The average molecular weight is 491 g/mol. The van der Waals surface area contributed by atoms with Gasteiger partial charge in [0.05, 0.1) is 31.1 Å². The zero-order chi connectivity index (χ0) is 25.3. The number of alkyl halides is 3. The van der Waals surface area contributed by atoms with Crippen molar-refractivity contribution in [3.8, 4) is 17.9 Å². The molecule has 4 rings (SSSR count). The number of nitrogen functional groups attached to an aromatic ring is 1. The van der Waals surface area contributed by atoms with E-state index in [4.69, 9.17) is 15.2 Å². The number of methoxy groups -OCH3 is 1. The summed E-state index contributed by atoms with van der Waals surface area (Å²) in [5.74, 6) is 6.14. The number of aliphatic hydroxyl groups excluding tert-OH is 1. The van der Waals surface area contributed by atoms with Crippen LogP contribution in [0.2, 0.25) is 0 Å². The Hall–Kier alpha value is -3.03. The van der Waals surface area contributed by atoms with E-state index < -0.39 is 17.8 Å². The largest absolute Gasteiger partial charge is 0.467 e. The second-order valence-corrected chi connectivity index (χ2v) is 9.16. The van der Waals surface area contributed by atoms with Crippen molar-refractivity contribution in [3.05, 3.63) is 40.1 Å². The van der Waals surface area contributed by atoms with Crippen molar-refractivity contribution in [2.45, 2.75) is 45.6 Å². The molecule has 7 nitrogen and oxygen atoms in total. The second kappa shape index (κ2) is 9.91. The minimum absolute atomic E-state index is 0.0366. The second-order valence-electron chi connectivity index (χ2n) is 9.16. The fraction of sp³-hybridized carbons (Fsp3) is 0.520. The van der Waals surface area contributed by atoms with Crippen LogP contribution in [-0.2, 0) is 23.9 Å². The Morgan fingerprint density at radius 3 is 2.71 bits per heavy atom. The highest BCUT2D eigenvalue weighted by Crippen LogP contribution is 2.43. The Morgan fingerprint density at radius 2 is 2.06 bits per heavy atom. The van der Waals surface area contributed by atoms with Crippen molar-refractivity contribution in [3.63, 3.8) is 0 Å². The maximum atomic E-state index is 14.1. The molecule has 3 atom stereocenters. The minimum Gasteiger partial charge on any atom is -0.467 e. The first kappa shape index (κ1) is 25.1. The van der Waals surface area contributed by atoms with Gasteiger partial charge in [-0.3, -0.25) is 0 Å². The molecule has 1 saturated heterocycles. The van der Waals surface area contributed by atoms with E-state index in [2.05, 4.69) is 33.6 Å². The van der Waals surface area contributed by atoms with Gasteiger partial charge in [-0.2, -0.15) is 23.1 Å². The fourth-order valence-corrected chi connectivity index (χ4v) is 5.06. The van der Waals surface area contributed by atoms with E-state index in [0.717, 1.165) is 18.5 Å². The summed E-state index contributed by atoms with van der Waals surface area (Å²) in [6.07, 6.45) is -4.55. The van der Waals surface area contributed by atoms with E-state index >= 15 is 0 Å². The maximum Gasteiger partial charge on any atom is 0.417 e. The summed E-state index contributed by atoms with van der Waals surface area (Å²) in [6.45, 7) is 5.05. The Kier molecular flexibility index (Phi) is 7.10. The number of aliphatic hydroxyl groups is 1. The van der Waals surface area contributed by atoms with Gasteiger partial charge in [0.2, 0.25) is 0 Å². The number of nitrogens with two attached hydrogens (primary N) is 1. The Balaban J connectivity index is 1.76. The van der Waals surface area contributed by atoms with Crippen LogP contribution in [-0.4, -0.2) is 41.9 Å². The molecule has 1 aromatic carbocycles. The van der Waals surface area contributed by atoms with E-state index in [1.807, 2.05) is 0 Å². The molecule has 188 valence electrons. The Labute approximate surface area is 202 Å². The Bertz CT molecular complexity index is 1160. The number of piperidine rings is 1. The topological polar surface area (TPSA) is 93.7 Å². The molecular formula is C25H29F3N4O3. The average Bonchev–Trinajstić information content (AvgIpc) is 2.81. The number of rotatable bonds is 4. The summed E-state index contributed by atoms with van der Waals surface area (Å²) in [5.41, 5.74) is 6.33. The number of aromatic nitrogens is 2. The molecule has 35 heavy (non-hydrogen) atoms. The molecule has 2 aliphatic heterocycles. The van der Waals surface area contributed by atoms with Gasteiger partial charge in [-0.05, 0) is 42.9 Å². The van der Waals surface area contributed by atoms with Gasteiger partial charge in [0, 0.05) is 42.9 Å². The smallest absolute Gasteiger partial charge is 0.417 e. The van der Waals surface area contributed by atoms with Crippen LogP contribution in [0.15, 0.2) is 12.1 Å². The maximum absolute atomic E-state index is 14.1. The lowest BCUT2D eigenvalue weighted by atomic mass is 9.89. The number of hydrogen-bond donors (Lipinski definition) is 2. The highest BCUT2D eigenvalue weighted by atomic mass is 19.4. The first-order chi connectivity index (χ1) is 16.6. The van der Waals surface area contributed by atoms with Gasteiger partial charge >= 0.3 is 12.2 Å². The molecule has 10 heteroatoms. The highest BCUT2D eigenvalue weighted by molar-refractivity contribution is 5.58. The van der Waals surface area contributed by atoms with Crippen molar-refractivity contribution in [2.75, 3.05) is 37.4 Å². The third-order valence-corrected chi connectivity index (χ3v) is 6.43. The Morgan fingerprint density at radius 1 is 1.29 bits per heavy atom. The van der Waals surface area contributed by atoms with E-state index in [0.29, 0.717) is 24.0 Å². The molecule has 1 aromatic heterocycles. The van der Waals surface area contributed by atoms with Crippen LogP contribution in [0.5, 0.6) is 6.01 Å². The van der Waals surface area contributed by atoms with Crippen molar-refractivity contribution < 1.29 is 27.8 Å². The lowest BCUT2D eigenvalue weighted by Gasteiger charge is -2.38. The highest BCUT2D eigenvalue weighted by Gasteiger charge is 2.40. The van der Waals surface area contributed by atoms with Gasteiger partial charge < -0.3 is 25.2 Å². The van der Waals surface area contributed by atoms with E-state index in [1.54, 1.807) is 0 Å². The van der Waals surface area contributed by atoms with Crippen molar-refractivity contribution in [2.24, 2.45) is 11.8 Å². The SMILES string of the molecule is CC#Cc1cc(N)cc(C2Cc3nc(OC)nc(N4CC(C)CC(CO)C4)c3CO2)c1C(F)(F)F. The number of anilines is 2. The lowest BCUT2D eigenvalue weighted by molar-refractivity contribution is -0.140. The molecular weight excluding hydrogens is 461 g/mol. The number of fused-ring (bicyclic) bond motifs is 1. The van der Waals surface area contributed by atoms with E-state index in [-0.39, 0.29) is 48.4 Å². The number of hydrogen-bond acceptors (Lipinski definition) is 7. The van der Waals surface area contributed by atoms with Crippen LogP contribution in [0, 0.1) is 23.7 Å². The van der Waals surface area contributed by atoms with Gasteiger partial charge in [-0.25, -0.2) is 0 Å². The summed E-state index contributed by atoms with van der Waals surface area (Å²) in [7, 11) is 1.45. The van der Waals surface area contributed by atoms with Crippen molar-refractivity contribution >= 4 is 11.5 Å². The summed E-state index contributed by atoms with van der Waals surface area (Å²) in [4.78, 5) is 11.1. The molecule has 1 fully saturated rings. The van der Waals surface area contributed by atoms with Gasteiger partial charge in [0.1, 0.15) is 5.82 Å². The molecule has 0 saturated carbocycles. The minimum atomic E-state index is -4.64. The third kappa shape index (κ3) is 5.16. The monoisotopic (exact) mass is 490 g/mol. The zero-order valence-electron chi connectivity index (χ0n) is 19.9. The predicted octanol–water partition coefficient (Wildman–Crippen LogP) is 3.73. The standard InChI is InChI=1S/C25H29F3N4O3/c1-4-5-16-7-17(29)8-18(22(16)25(26,27)28)21-9-20-19(13-35-21)23(31-24(30-20)34-3)32-10-14(2)6-15(11-32)12-33/h7-8,14-15,21,33H,6,9-13,29H2,1-3H3. The summed E-state index contributed by atoms with van der Waals surface area (Å²) in [5, 5.41) is 9.73. The number of ether oxygens (including phenoxy) is 2. The quantitative estimate of drug-likeness (QED) is 0.498. The molecule has 0 spiro atoms. The number of benzene rings is 1.